The number of ether oxygens (including phenoxy) is 7. The van der Waals surface area contributed by atoms with Gasteiger partial charge in [-0.25, -0.2) is 28.3 Å². The number of hydrogen-bond donors (Lipinski definition) is 9. The van der Waals surface area contributed by atoms with Crippen LogP contribution in [0, 0.1) is 25.7 Å². The van der Waals surface area contributed by atoms with Gasteiger partial charge < -0.3 is 73.7 Å². The molecule has 2 unspecified atom stereocenters. The van der Waals surface area contributed by atoms with Crippen molar-refractivity contribution in [1.82, 2.24) is 25.5 Å². The number of benzene rings is 3. The number of phosphoric acid groups is 2. The van der Waals surface area contributed by atoms with E-state index in [0.717, 1.165) is 32.9 Å². The average molecular weight is 1450 g/mol. The van der Waals surface area contributed by atoms with Gasteiger partial charge in [0.25, 0.3) is 11.5 Å². The number of unbranched alkanes of at least 4 members (excludes halogenated alkanes) is 1. The molecule has 9 N–H and O–H groups in total. The molecule has 6 rings (SSSR count). The van der Waals surface area contributed by atoms with Crippen molar-refractivity contribution in [2.75, 3.05) is 104 Å². The summed E-state index contributed by atoms with van der Waals surface area (Å²) in [5.74, 6) is 4.43. The van der Waals surface area contributed by atoms with Crippen LogP contribution in [-0.2, 0) is 60.0 Å². The van der Waals surface area contributed by atoms with Crippen LogP contribution < -0.4 is 37.9 Å². The second kappa shape index (κ2) is 38.8. The number of carbonyl (C=O) groups is 4. The van der Waals surface area contributed by atoms with Crippen LogP contribution in [0.25, 0.3) is 43.9 Å². The zero-order valence-corrected chi connectivity index (χ0v) is 58.0. The van der Waals surface area contributed by atoms with Crippen molar-refractivity contribution in [2.45, 2.75) is 90.4 Å². The molecule has 39 heteroatoms. The maximum atomic E-state index is 13.5. The molecule has 2 aromatic carbocycles. The Morgan fingerprint density at radius 3 is 2.33 bits per heavy atom. The lowest BCUT2D eigenvalue weighted by atomic mass is 9.88. The standard InChI is InChI=1S/C58H75N10O24P3S2/c1-7-60-44-29-46-42(26-36(44)3)51(43-27-37(4)45(61-8-2)30-47(43)89-46)41-28-38(13-14-40(41)54(71)72)52(69)62-17-22-82-24-25-83-23-18-64-57(75)86-21-15-58(5,6)97-96-35-84-19-9-10-20-85-56(74)63-16-11-12-39-32-68(55(73)66-53(39)70)50-31-48(87-34-65-67-59)49(90-50)33-88-95(80,81)92-93(76)91-94(77,78)79/h13-14,26-30,32,48-50H,7-10,15-25,31,33-35H2,1-6H3,(H8-,60,61,62,63,64,66,69,70,71,72,73,74,75,77,78,79,80,81)/p+1/t48-,49+,50+/m0/s1. The predicted molar refractivity (Wildman–Crippen MR) is 355 cm³/mol. The molecule has 3 aliphatic rings. The molecule has 97 heavy (non-hydrogen) atoms. The summed E-state index contributed by atoms with van der Waals surface area (Å²) in [5, 5.41) is 26.4. The Balaban J connectivity index is 0.796. The second-order valence-corrected chi connectivity index (χ2v) is 28.3. The third-order valence-electron chi connectivity index (χ3n) is 13.7. The fourth-order valence-electron chi connectivity index (χ4n) is 9.22. The number of aryl methyl sites for hydroxylation is 2. The first kappa shape index (κ1) is 78.8. The molecule has 1 fully saturated rings. The number of fused-ring (bicyclic) bond motifs is 2. The Hall–Kier alpha value is -7.22. The highest BCUT2D eigenvalue weighted by Gasteiger charge is 2.46. The van der Waals surface area contributed by atoms with Crippen LogP contribution in [0.4, 0.5) is 15.3 Å². The number of aromatic nitrogens is 2. The molecule has 34 nitrogen and oxygen atoms in total. The van der Waals surface area contributed by atoms with E-state index in [4.69, 9.17) is 57.4 Å². The first-order valence-electron chi connectivity index (χ1n) is 30.0. The maximum absolute atomic E-state index is 13.5. The lowest BCUT2D eigenvalue weighted by molar-refractivity contribution is -0.0599. The average Bonchev–Trinajstić information content (AvgIpc) is 1.17. The minimum absolute atomic E-state index is 0.0240. The van der Waals surface area contributed by atoms with Gasteiger partial charge in [-0.05, 0) is 122 Å². The Morgan fingerprint density at radius 2 is 1.62 bits per heavy atom. The van der Waals surface area contributed by atoms with Crippen LogP contribution in [0.15, 0.2) is 72.8 Å². The molecule has 1 saturated heterocycles. The molecule has 3 aromatic rings. The first-order chi connectivity index (χ1) is 46.2. The molecule has 528 valence electrons. The topological polar surface area (TPSA) is 470 Å². The van der Waals surface area contributed by atoms with Crippen molar-refractivity contribution < 1.29 is 103 Å². The van der Waals surface area contributed by atoms with E-state index in [-0.39, 0.29) is 87.1 Å². The number of amides is 3. The highest BCUT2D eigenvalue weighted by atomic mass is 33.1. The third kappa shape index (κ3) is 25.9. The Morgan fingerprint density at radius 1 is 0.897 bits per heavy atom. The summed E-state index contributed by atoms with van der Waals surface area (Å²) in [6, 6.07) is 12.2. The minimum atomic E-state index is -5.37. The van der Waals surface area contributed by atoms with Crippen molar-refractivity contribution in [2.24, 2.45) is 10.1 Å². The molecule has 5 atom stereocenters. The van der Waals surface area contributed by atoms with Gasteiger partial charge in [-0.3, -0.25) is 33.5 Å². The maximum Gasteiger partial charge on any atom is 0.719 e. The van der Waals surface area contributed by atoms with Gasteiger partial charge in [0.1, 0.15) is 41.9 Å². The summed E-state index contributed by atoms with van der Waals surface area (Å²) in [6.07, 6.45) is -2.55. The molecule has 0 spiro atoms. The fraction of sp³-hybridized carbons (Fsp3) is 0.500. The number of anilines is 1. The monoisotopic (exact) mass is 1450 g/mol. The van der Waals surface area contributed by atoms with E-state index in [1.807, 2.05) is 65.8 Å². The summed E-state index contributed by atoms with van der Waals surface area (Å²) >= 11 is 0. The Bertz CT molecular complexity index is 3960. The number of azide groups is 1. The van der Waals surface area contributed by atoms with Gasteiger partial charge in [0.2, 0.25) is 0 Å². The number of aromatic carboxylic acids is 1. The highest BCUT2D eigenvalue weighted by Crippen LogP contribution is 2.58. The number of carbonyl (C=O) groups excluding carboxylic acids is 3. The number of H-pyrrole nitrogens is 1. The largest absolute Gasteiger partial charge is 0.719 e. The summed E-state index contributed by atoms with van der Waals surface area (Å²) < 4.78 is 92.9. The number of aromatic amines is 1. The molecule has 0 bridgehead atoms. The summed E-state index contributed by atoms with van der Waals surface area (Å²) in [4.78, 5) is 113. The molecule has 3 amide bonds. The summed E-state index contributed by atoms with van der Waals surface area (Å²) in [7, 11) is -11.4. The van der Waals surface area contributed by atoms with Crippen LogP contribution >= 0.6 is 45.5 Å². The number of carboxylic acid groups (broad SMARTS) is 1. The summed E-state index contributed by atoms with van der Waals surface area (Å²) in [6.45, 7) is 13.3. The van der Waals surface area contributed by atoms with Gasteiger partial charge in [0.15, 0.2) is 0 Å². The van der Waals surface area contributed by atoms with Gasteiger partial charge in [-0.1, -0.05) is 38.5 Å². The SMILES string of the molecule is CCN=c1cc2oc3cc(NCC)c(C)cc3c(-c3cc(C(=O)NCCOCCOCCNC(=O)OCCC(C)(C)SSCOCCCCOC(=O)NCC#Cc4cn([C@H]5C[C@H](OCN=[N+]=[N-])[C@@H](COP(=O)(O)O[P+](=O)OP(=O)(O)O)O5)c(=O)[nH]c4=O)ccc3C(=O)O)c-2cc1C. The number of nitrogens with one attached hydrogen (secondary N) is 5. The van der Waals surface area contributed by atoms with Crippen molar-refractivity contribution in [3.63, 3.8) is 0 Å². The molecular weight excluding hydrogens is 1380 g/mol. The van der Waals surface area contributed by atoms with Crippen LogP contribution in [0.3, 0.4) is 0 Å². The third-order valence-corrected chi connectivity index (χ3v) is 20.0. The smallest absolute Gasteiger partial charge is 0.478 e. The molecule has 2 aliphatic heterocycles. The van der Waals surface area contributed by atoms with E-state index in [1.165, 1.54) is 22.9 Å². The Labute approximate surface area is 564 Å². The molecule has 1 aliphatic carbocycles. The number of hydrogen-bond acceptors (Lipinski definition) is 25. The van der Waals surface area contributed by atoms with Gasteiger partial charge in [-0.2, -0.15) is 0 Å². The normalized spacial score (nSPS) is 15.6. The zero-order chi connectivity index (χ0) is 70.7. The van der Waals surface area contributed by atoms with E-state index in [2.05, 4.69) is 61.7 Å². The quantitative estimate of drug-likeness (QED) is 0.00206. The van der Waals surface area contributed by atoms with E-state index in [1.54, 1.807) is 16.9 Å². The predicted octanol–water partition coefficient (Wildman–Crippen LogP) is 8.13. The van der Waals surface area contributed by atoms with E-state index < -0.39 is 91.0 Å². The number of carboxylic acids is 1. The molecule has 0 radical (unpaired) electrons. The summed E-state index contributed by atoms with van der Waals surface area (Å²) in [5.41, 5.74) is 11.8. The van der Waals surface area contributed by atoms with Gasteiger partial charge >= 0.3 is 47.7 Å². The number of rotatable bonds is 39. The molecule has 1 aromatic heterocycles. The molecular formula is C58H76N10O24P3S2+. The van der Waals surface area contributed by atoms with E-state index in [9.17, 15) is 52.5 Å². The van der Waals surface area contributed by atoms with Crippen molar-refractivity contribution in [3.8, 4) is 34.3 Å². The number of nitrogens with zero attached hydrogens (tertiary/aromatic N) is 5. The van der Waals surface area contributed by atoms with E-state index >= 15 is 0 Å². The second-order valence-electron chi connectivity index (χ2n) is 21.4. The molecule has 3 heterocycles. The van der Waals surface area contributed by atoms with E-state index in [0.29, 0.717) is 78.3 Å². The fourth-order valence-corrected chi connectivity index (χ4v) is 13.8. The van der Waals surface area contributed by atoms with Crippen LogP contribution in [0.2, 0.25) is 0 Å². The van der Waals surface area contributed by atoms with Crippen molar-refractivity contribution in [3.05, 3.63) is 113 Å². The van der Waals surface area contributed by atoms with Crippen LogP contribution in [0.1, 0.15) is 97.0 Å². The lowest BCUT2D eigenvalue weighted by Gasteiger charge is -2.22. The van der Waals surface area contributed by atoms with Crippen LogP contribution in [0.5, 0.6) is 0 Å². The number of alkyl carbamates (subject to hydrolysis) is 2. The number of phosphoric ester groups is 1. The molecule has 0 saturated carbocycles. The minimum Gasteiger partial charge on any atom is -0.478 e. The van der Waals surface area contributed by atoms with Gasteiger partial charge in [0, 0.05) is 99.5 Å². The van der Waals surface area contributed by atoms with Crippen molar-refractivity contribution in [1.29, 1.82) is 0 Å². The van der Waals surface area contributed by atoms with Gasteiger partial charge in [0.05, 0.1) is 69.8 Å². The van der Waals surface area contributed by atoms with Crippen LogP contribution in [-0.4, -0.2) is 169 Å². The van der Waals surface area contributed by atoms with Gasteiger partial charge in [-0.15, -0.1) is 0 Å². The van der Waals surface area contributed by atoms with Crippen molar-refractivity contribution >= 4 is 86.2 Å². The first-order valence-corrected chi connectivity index (χ1v) is 36.4. The lowest BCUT2D eigenvalue weighted by Crippen LogP contribution is -2.34. The highest BCUT2D eigenvalue weighted by molar-refractivity contribution is 8.77. The zero-order valence-electron chi connectivity index (χ0n) is 53.6. The Kier molecular flexibility index (Phi) is 31.5.